The van der Waals surface area contributed by atoms with Gasteiger partial charge in [-0.25, -0.2) is 4.98 Å². The molecule has 8 heteroatoms. The number of carbonyl (C=O) groups is 1. The van der Waals surface area contributed by atoms with Gasteiger partial charge in [0.15, 0.2) is 0 Å². The summed E-state index contributed by atoms with van der Waals surface area (Å²) < 4.78 is 45.3. The van der Waals surface area contributed by atoms with Crippen LogP contribution in [0.15, 0.2) is 47.1 Å². The highest BCUT2D eigenvalue weighted by molar-refractivity contribution is 9.10. The van der Waals surface area contributed by atoms with E-state index in [4.69, 9.17) is 4.74 Å². The van der Waals surface area contributed by atoms with E-state index in [-0.39, 0.29) is 24.8 Å². The normalized spacial score (nSPS) is 15.1. The van der Waals surface area contributed by atoms with Crippen molar-refractivity contribution in [2.75, 3.05) is 13.1 Å². The van der Waals surface area contributed by atoms with E-state index < -0.39 is 17.6 Å². The third-order valence-electron chi connectivity index (χ3n) is 3.60. The number of benzene rings is 1. The second-order valence-electron chi connectivity index (χ2n) is 5.28. The summed E-state index contributed by atoms with van der Waals surface area (Å²) in [5.41, 5.74) is -1.27. The van der Waals surface area contributed by atoms with E-state index in [1.54, 1.807) is 18.3 Å². The average molecular weight is 401 g/mol. The lowest BCUT2D eigenvalue weighted by Crippen LogP contribution is -2.56. The third-order valence-corrected chi connectivity index (χ3v) is 4.20. The van der Waals surface area contributed by atoms with Crippen molar-refractivity contribution in [1.82, 2.24) is 9.88 Å². The van der Waals surface area contributed by atoms with Crippen LogP contribution in [0.4, 0.5) is 13.2 Å². The monoisotopic (exact) mass is 400 g/mol. The number of likely N-dealkylation sites (tertiary alicyclic amines) is 1. The minimum atomic E-state index is -4.56. The number of hydrogen-bond donors (Lipinski definition) is 0. The van der Waals surface area contributed by atoms with Crippen LogP contribution in [0.2, 0.25) is 0 Å². The van der Waals surface area contributed by atoms with Crippen molar-refractivity contribution in [3.8, 4) is 5.88 Å². The van der Waals surface area contributed by atoms with E-state index in [1.807, 2.05) is 0 Å². The van der Waals surface area contributed by atoms with Crippen molar-refractivity contribution in [1.29, 1.82) is 0 Å². The molecule has 1 amide bonds. The lowest BCUT2D eigenvalue weighted by Gasteiger charge is -2.39. The van der Waals surface area contributed by atoms with Gasteiger partial charge in [-0.2, -0.15) is 13.2 Å². The molecule has 0 unspecified atom stereocenters. The van der Waals surface area contributed by atoms with Crippen molar-refractivity contribution in [3.63, 3.8) is 0 Å². The van der Waals surface area contributed by atoms with E-state index in [1.165, 1.54) is 23.1 Å². The summed E-state index contributed by atoms with van der Waals surface area (Å²) in [5, 5.41) is 0. The van der Waals surface area contributed by atoms with Crippen LogP contribution in [0.3, 0.4) is 0 Å². The molecule has 2 aromatic rings. The van der Waals surface area contributed by atoms with Crippen LogP contribution in [0.5, 0.6) is 5.88 Å². The summed E-state index contributed by atoms with van der Waals surface area (Å²) in [4.78, 5) is 17.7. The number of nitrogens with zero attached hydrogens (tertiary/aromatic N) is 2. The molecule has 0 bridgehead atoms. The zero-order chi connectivity index (χ0) is 17.3. The van der Waals surface area contributed by atoms with Gasteiger partial charge in [0, 0.05) is 6.20 Å². The molecule has 0 N–H and O–H groups in total. The number of halogens is 4. The van der Waals surface area contributed by atoms with E-state index in [9.17, 15) is 18.0 Å². The van der Waals surface area contributed by atoms with Crippen LogP contribution < -0.4 is 4.74 Å². The molecule has 1 saturated heterocycles. The highest BCUT2D eigenvalue weighted by Gasteiger charge is 2.39. The molecule has 3 rings (SSSR count). The molecule has 0 spiro atoms. The smallest absolute Gasteiger partial charge is 0.417 e. The first kappa shape index (κ1) is 16.8. The van der Waals surface area contributed by atoms with Gasteiger partial charge in [-0.3, -0.25) is 4.79 Å². The van der Waals surface area contributed by atoms with Crippen molar-refractivity contribution in [2.45, 2.75) is 12.3 Å². The topological polar surface area (TPSA) is 42.4 Å². The van der Waals surface area contributed by atoms with Crippen LogP contribution in [0.1, 0.15) is 15.9 Å². The van der Waals surface area contributed by atoms with Crippen molar-refractivity contribution < 1.29 is 22.7 Å². The third kappa shape index (κ3) is 3.38. The van der Waals surface area contributed by atoms with E-state index in [0.29, 0.717) is 10.4 Å². The molecule has 0 saturated carbocycles. The molecule has 0 radical (unpaired) electrons. The van der Waals surface area contributed by atoms with Crippen LogP contribution in [-0.2, 0) is 6.18 Å². The van der Waals surface area contributed by atoms with Crippen molar-refractivity contribution >= 4 is 21.8 Å². The number of aromatic nitrogens is 1. The Morgan fingerprint density at radius 3 is 2.58 bits per heavy atom. The van der Waals surface area contributed by atoms with E-state index in [2.05, 4.69) is 20.9 Å². The van der Waals surface area contributed by atoms with Gasteiger partial charge in [-0.15, -0.1) is 0 Å². The molecular formula is C16H12BrF3N2O2. The van der Waals surface area contributed by atoms with Crippen LogP contribution >= 0.6 is 15.9 Å². The molecule has 24 heavy (non-hydrogen) atoms. The Kier molecular flexibility index (Phi) is 4.49. The second kappa shape index (κ2) is 6.43. The predicted octanol–water partition coefficient (Wildman–Crippen LogP) is 3.77. The number of pyridine rings is 1. The Morgan fingerprint density at radius 1 is 1.21 bits per heavy atom. The van der Waals surface area contributed by atoms with Gasteiger partial charge < -0.3 is 9.64 Å². The number of rotatable bonds is 3. The van der Waals surface area contributed by atoms with Crippen LogP contribution in [-0.4, -0.2) is 35.0 Å². The number of amides is 1. The van der Waals surface area contributed by atoms with Gasteiger partial charge in [0.25, 0.3) is 5.91 Å². The van der Waals surface area contributed by atoms with Gasteiger partial charge in [-0.05, 0) is 40.2 Å². The highest BCUT2D eigenvalue weighted by Crippen LogP contribution is 2.33. The first-order valence-corrected chi connectivity index (χ1v) is 7.88. The average Bonchev–Trinajstić information content (AvgIpc) is 2.50. The zero-order valence-electron chi connectivity index (χ0n) is 12.3. The van der Waals surface area contributed by atoms with Crippen LogP contribution in [0.25, 0.3) is 0 Å². The first-order chi connectivity index (χ1) is 11.4. The molecule has 0 atom stereocenters. The SMILES string of the molecule is O=C(c1ccccc1C(F)(F)F)N1CC(Oc2ncccc2Br)C1. The number of ether oxygens (including phenoxy) is 1. The summed E-state index contributed by atoms with van der Waals surface area (Å²) in [6.45, 7) is 0.433. The minimum Gasteiger partial charge on any atom is -0.470 e. The minimum absolute atomic E-state index is 0.216. The fourth-order valence-electron chi connectivity index (χ4n) is 2.38. The molecular weight excluding hydrogens is 389 g/mol. The molecule has 1 aromatic heterocycles. The Morgan fingerprint density at radius 2 is 1.92 bits per heavy atom. The maximum atomic E-state index is 13.0. The Hall–Kier alpha value is -2.09. The maximum absolute atomic E-state index is 13.0. The van der Waals surface area contributed by atoms with Gasteiger partial charge in [-0.1, -0.05) is 12.1 Å². The van der Waals surface area contributed by atoms with Gasteiger partial charge >= 0.3 is 6.18 Å². The van der Waals surface area contributed by atoms with Gasteiger partial charge in [0.1, 0.15) is 6.10 Å². The fourth-order valence-corrected chi connectivity index (χ4v) is 2.73. The molecule has 1 fully saturated rings. The summed E-state index contributed by atoms with van der Waals surface area (Å²) in [5.74, 6) is -0.256. The molecule has 1 aromatic carbocycles. The highest BCUT2D eigenvalue weighted by atomic mass is 79.9. The lowest BCUT2D eigenvalue weighted by molar-refractivity contribution is -0.138. The Balaban J connectivity index is 1.67. The standard InChI is InChI=1S/C16H12BrF3N2O2/c17-13-6-3-7-21-14(13)24-10-8-22(9-10)15(23)11-4-1-2-5-12(11)16(18,19)20/h1-7,10H,8-9H2. The van der Waals surface area contributed by atoms with Gasteiger partial charge in [0.2, 0.25) is 5.88 Å². The quantitative estimate of drug-likeness (QED) is 0.787. The van der Waals surface area contributed by atoms with Gasteiger partial charge in [0.05, 0.1) is 28.7 Å². The second-order valence-corrected chi connectivity index (χ2v) is 6.14. The van der Waals surface area contributed by atoms with E-state index in [0.717, 1.165) is 6.07 Å². The molecule has 2 heterocycles. The summed E-state index contributed by atoms with van der Waals surface area (Å²) in [7, 11) is 0. The number of alkyl halides is 3. The largest absolute Gasteiger partial charge is 0.470 e. The Bertz CT molecular complexity index is 761. The predicted molar refractivity (Wildman–Crippen MR) is 83.7 cm³/mol. The maximum Gasteiger partial charge on any atom is 0.417 e. The molecule has 4 nitrogen and oxygen atoms in total. The summed E-state index contributed by atoms with van der Waals surface area (Å²) >= 11 is 3.30. The number of hydrogen-bond acceptors (Lipinski definition) is 3. The lowest BCUT2D eigenvalue weighted by atomic mass is 10.0. The first-order valence-electron chi connectivity index (χ1n) is 7.09. The summed E-state index contributed by atoms with van der Waals surface area (Å²) in [6, 6.07) is 8.28. The summed E-state index contributed by atoms with van der Waals surface area (Å²) in [6.07, 6.45) is -3.29. The fraction of sp³-hybridized carbons (Fsp3) is 0.250. The Labute approximate surface area is 144 Å². The zero-order valence-corrected chi connectivity index (χ0v) is 13.8. The molecule has 1 aliphatic rings. The molecule has 0 aliphatic carbocycles. The van der Waals surface area contributed by atoms with Crippen molar-refractivity contribution in [3.05, 3.63) is 58.2 Å². The van der Waals surface area contributed by atoms with E-state index >= 15 is 0 Å². The molecule has 1 aliphatic heterocycles. The number of carbonyl (C=O) groups excluding carboxylic acids is 1. The van der Waals surface area contributed by atoms with Crippen LogP contribution in [0, 0.1) is 0 Å². The molecule has 126 valence electrons. The van der Waals surface area contributed by atoms with Crippen molar-refractivity contribution in [2.24, 2.45) is 0 Å².